The Morgan fingerprint density at radius 2 is 1.89 bits per heavy atom. The number of ether oxygens (including phenoxy) is 1. The van der Waals surface area contributed by atoms with E-state index in [1.165, 1.54) is 0 Å². The maximum absolute atomic E-state index is 11.9. The second-order valence-electron chi connectivity index (χ2n) is 4.35. The van der Waals surface area contributed by atoms with E-state index < -0.39 is 12.7 Å². The van der Waals surface area contributed by atoms with Gasteiger partial charge in [0.1, 0.15) is 0 Å². The van der Waals surface area contributed by atoms with Crippen LogP contribution >= 0.6 is 0 Å². The Kier molecular flexibility index (Phi) is 6.15. The molecule has 1 N–H and O–H groups in total. The summed E-state index contributed by atoms with van der Waals surface area (Å²) in [6.45, 7) is 2.14. The number of hydrogen-bond acceptors (Lipinski definition) is 2. The third kappa shape index (κ3) is 7.29. The van der Waals surface area contributed by atoms with Gasteiger partial charge in [-0.15, -0.1) is 0 Å². The van der Waals surface area contributed by atoms with Gasteiger partial charge in [-0.25, -0.2) is 0 Å². The summed E-state index contributed by atoms with van der Waals surface area (Å²) in [7, 11) is 0. The third-order valence-corrected chi connectivity index (χ3v) is 2.33. The van der Waals surface area contributed by atoms with Crippen molar-refractivity contribution in [3.05, 3.63) is 35.9 Å². The second kappa shape index (κ2) is 7.38. The van der Waals surface area contributed by atoms with Crippen LogP contribution in [0.5, 0.6) is 0 Å². The van der Waals surface area contributed by atoms with Crippen LogP contribution in [-0.2, 0) is 11.3 Å². The SMILES string of the molecule is CC(CNCC(F)(F)F)COCc1ccccc1. The van der Waals surface area contributed by atoms with Gasteiger partial charge in [0, 0.05) is 6.54 Å². The average Bonchev–Trinajstić information content (AvgIpc) is 2.28. The zero-order valence-electron chi connectivity index (χ0n) is 10.3. The molecule has 2 nitrogen and oxygen atoms in total. The summed E-state index contributed by atoms with van der Waals surface area (Å²) in [6.07, 6.45) is -4.15. The minimum atomic E-state index is -4.15. The van der Waals surface area contributed by atoms with Crippen LogP contribution in [0.25, 0.3) is 0 Å². The summed E-state index contributed by atoms with van der Waals surface area (Å²) in [6, 6.07) is 9.67. The number of alkyl halides is 3. The molecule has 1 rings (SSSR count). The molecular formula is C13H18F3NO. The molecule has 0 aliphatic rings. The highest BCUT2D eigenvalue weighted by Gasteiger charge is 2.26. The van der Waals surface area contributed by atoms with Crippen LogP contribution < -0.4 is 5.32 Å². The van der Waals surface area contributed by atoms with Crippen molar-refractivity contribution in [1.29, 1.82) is 0 Å². The Hall–Kier alpha value is -1.07. The third-order valence-electron chi connectivity index (χ3n) is 2.33. The molecule has 0 heterocycles. The molecule has 0 spiro atoms. The van der Waals surface area contributed by atoms with Gasteiger partial charge in [-0.1, -0.05) is 37.3 Å². The van der Waals surface area contributed by atoms with E-state index in [2.05, 4.69) is 5.32 Å². The normalized spacial score (nSPS) is 13.6. The summed E-state index contributed by atoms with van der Waals surface area (Å²) in [5.41, 5.74) is 1.06. The number of benzene rings is 1. The predicted molar refractivity (Wildman–Crippen MR) is 64.2 cm³/mol. The quantitative estimate of drug-likeness (QED) is 0.814. The first-order valence-electron chi connectivity index (χ1n) is 5.86. The smallest absolute Gasteiger partial charge is 0.376 e. The van der Waals surface area contributed by atoms with Gasteiger partial charge in [-0.2, -0.15) is 13.2 Å². The van der Waals surface area contributed by atoms with Gasteiger partial charge in [0.25, 0.3) is 0 Å². The van der Waals surface area contributed by atoms with Gasteiger partial charge < -0.3 is 10.1 Å². The van der Waals surface area contributed by atoms with Gasteiger partial charge in [0.2, 0.25) is 0 Å². The number of nitrogens with one attached hydrogen (secondary N) is 1. The predicted octanol–water partition coefficient (Wildman–Crippen LogP) is 2.99. The van der Waals surface area contributed by atoms with E-state index in [0.29, 0.717) is 19.8 Å². The van der Waals surface area contributed by atoms with E-state index in [1.54, 1.807) is 0 Å². The number of halogens is 3. The molecule has 1 aromatic carbocycles. The first-order valence-corrected chi connectivity index (χ1v) is 5.86. The fourth-order valence-electron chi connectivity index (χ4n) is 1.47. The summed E-state index contributed by atoms with van der Waals surface area (Å²) >= 11 is 0. The van der Waals surface area contributed by atoms with Crippen molar-refractivity contribution >= 4 is 0 Å². The molecule has 102 valence electrons. The van der Waals surface area contributed by atoms with Crippen LogP contribution in [0.1, 0.15) is 12.5 Å². The maximum Gasteiger partial charge on any atom is 0.401 e. The van der Waals surface area contributed by atoms with E-state index in [1.807, 2.05) is 37.3 Å². The monoisotopic (exact) mass is 261 g/mol. The molecule has 0 saturated carbocycles. The van der Waals surface area contributed by atoms with Crippen molar-refractivity contribution in [2.45, 2.75) is 19.7 Å². The lowest BCUT2D eigenvalue weighted by Crippen LogP contribution is -2.33. The summed E-state index contributed by atoms with van der Waals surface area (Å²) in [5, 5.41) is 2.37. The second-order valence-corrected chi connectivity index (χ2v) is 4.35. The van der Waals surface area contributed by atoms with Crippen molar-refractivity contribution in [1.82, 2.24) is 5.32 Å². The van der Waals surface area contributed by atoms with Gasteiger partial charge in [0.05, 0.1) is 19.8 Å². The molecule has 0 aliphatic heterocycles. The molecule has 1 unspecified atom stereocenters. The summed E-state index contributed by atoms with van der Waals surface area (Å²) in [4.78, 5) is 0. The van der Waals surface area contributed by atoms with Crippen molar-refractivity contribution in [2.24, 2.45) is 5.92 Å². The average molecular weight is 261 g/mol. The van der Waals surface area contributed by atoms with E-state index in [4.69, 9.17) is 4.74 Å². The van der Waals surface area contributed by atoms with Crippen LogP contribution in [0.2, 0.25) is 0 Å². The van der Waals surface area contributed by atoms with Gasteiger partial charge in [0.15, 0.2) is 0 Å². The largest absolute Gasteiger partial charge is 0.401 e. The molecule has 0 aromatic heterocycles. The highest BCUT2D eigenvalue weighted by atomic mass is 19.4. The van der Waals surface area contributed by atoms with E-state index >= 15 is 0 Å². The lowest BCUT2D eigenvalue weighted by Gasteiger charge is -2.14. The number of rotatable bonds is 7. The standard InChI is InChI=1S/C13H18F3NO/c1-11(7-17-10-13(14,15)16)8-18-9-12-5-3-2-4-6-12/h2-6,11,17H,7-10H2,1H3. The zero-order chi connectivity index (χ0) is 13.4. The minimum absolute atomic E-state index is 0.0519. The van der Waals surface area contributed by atoms with Gasteiger partial charge in [-0.3, -0.25) is 0 Å². The molecule has 0 radical (unpaired) electrons. The van der Waals surface area contributed by atoms with E-state index in [9.17, 15) is 13.2 Å². The molecule has 18 heavy (non-hydrogen) atoms. The number of hydrogen-bond donors (Lipinski definition) is 1. The highest BCUT2D eigenvalue weighted by Crippen LogP contribution is 2.12. The maximum atomic E-state index is 11.9. The van der Waals surface area contributed by atoms with E-state index in [0.717, 1.165) is 5.56 Å². The van der Waals surface area contributed by atoms with Crippen LogP contribution in [-0.4, -0.2) is 25.9 Å². The molecule has 0 amide bonds. The summed E-state index contributed by atoms with van der Waals surface area (Å²) < 4.78 is 41.1. The lowest BCUT2D eigenvalue weighted by atomic mass is 10.2. The van der Waals surface area contributed by atoms with Crippen molar-refractivity contribution in [3.8, 4) is 0 Å². The van der Waals surface area contributed by atoms with Crippen molar-refractivity contribution < 1.29 is 17.9 Å². The van der Waals surface area contributed by atoms with E-state index in [-0.39, 0.29) is 5.92 Å². The topological polar surface area (TPSA) is 21.3 Å². The molecule has 0 saturated heterocycles. The molecule has 0 bridgehead atoms. The molecule has 0 aliphatic carbocycles. The summed E-state index contributed by atoms with van der Waals surface area (Å²) in [5.74, 6) is 0.0519. The zero-order valence-corrected chi connectivity index (χ0v) is 10.3. The van der Waals surface area contributed by atoms with Crippen LogP contribution in [0, 0.1) is 5.92 Å². The Morgan fingerprint density at radius 1 is 1.22 bits per heavy atom. The van der Waals surface area contributed by atoms with Crippen molar-refractivity contribution in [3.63, 3.8) is 0 Å². The van der Waals surface area contributed by atoms with Crippen LogP contribution in [0.4, 0.5) is 13.2 Å². The van der Waals surface area contributed by atoms with Gasteiger partial charge in [-0.05, 0) is 11.5 Å². The van der Waals surface area contributed by atoms with Crippen LogP contribution in [0.3, 0.4) is 0 Å². The minimum Gasteiger partial charge on any atom is -0.376 e. The molecular weight excluding hydrogens is 243 g/mol. The first-order chi connectivity index (χ1) is 8.47. The molecule has 5 heteroatoms. The Bertz CT molecular complexity index is 327. The Labute approximate surface area is 105 Å². The molecule has 1 aromatic rings. The van der Waals surface area contributed by atoms with Crippen molar-refractivity contribution in [2.75, 3.05) is 19.7 Å². The van der Waals surface area contributed by atoms with Crippen LogP contribution in [0.15, 0.2) is 30.3 Å². The Balaban J connectivity index is 2.09. The first kappa shape index (κ1) is 15.0. The highest BCUT2D eigenvalue weighted by molar-refractivity contribution is 5.13. The fourth-order valence-corrected chi connectivity index (χ4v) is 1.47. The van der Waals surface area contributed by atoms with Gasteiger partial charge >= 0.3 is 6.18 Å². The fraction of sp³-hybridized carbons (Fsp3) is 0.538. The molecule has 1 atom stereocenters. The Morgan fingerprint density at radius 3 is 2.50 bits per heavy atom. The molecule has 0 fully saturated rings. The lowest BCUT2D eigenvalue weighted by molar-refractivity contribution is -0.125.